The van der Waals surface area contributed by atoms with E-state index in [0.29, 0.717) is 5.82 Å². The predicted octanol–water partition coefficient (Wildman–Crippen LogP) is 13.2. The molecule has 0 bridgehead atoms. The fourth-order valence-corrected chi connectivity index (χ4v) is 8.02. The first kappa shape index (κ1) is 31.9. The summed E-state index contributed by atoms with van der Waals surface area (Å²) in [4.78, 5) is 10.3. The minimum Gasteiger partial charge on any atom is -0.456 e. The molecule has 0 atom stereocenters. The van der Waals surface area contributed by atoms with Crippen molar-refractivity contribution in [3.8, 4) is 67.5 Å². The van der Waals surface area contributed by atoms with Gasteiger partial charge in [-0.2, -0.15) is 5.10 Å². The summed E-state index contributed by atoms with van der Waals surface area (Å²) in [6.07, 6.45) is 0. The summed E-state index contributed by atoms with van der Waals surface area (Å²) >= 11 is 0. The highest BCUT2D eigenvalue weighted by atomic mass is 16.3. The average Bonchev–Trinajstić information content (AvgIpc) is 3.87. The molecule has 0 aliphatic rings. The summed E-state index contributed by atoms with van der Waals surface area (Å²) in [5, 5.41) is 9.81. The minimum atomic E-state index is 0.668. The van der Waals surface area contributed by atoms with Crippen LogP contribution in [0, 0.1) is 0 Å². The summed E-state index contributed by atoms with van der Waals surface area (Å²) < 4.78 is 8.40. The molecule has 4 aromatic heterocycles. The molecule has 262 valence electrons. The molecule has 0 N–H and O–H groups in total. The number of aromatic nitrogens is 4. The van der Waals surface area contributed by atoms with Gasteiger partial charge in [0.05, 0.1) is 22.6 Å². The van der Waals surface area contributed by atoms with Gasteiger partial charge in [0.25, 0.3) is 0 Å². The Morgan fingerprint density at radius 2 is 1.04 bits per heavy atom. The van der Waals surface area contributed by atoms with Crippen LogP contribution in [-0.4, -0.2) is 19.6 Å². The third-order valence-electron chi connectivity index (χ3n) is 10.6. The number of nitrogens with zero attached hydrogens (tertiary/aromatic N) is 4. The second-order valence-corrected chi connectivity index (χ2v) is 14.0. The topological polar surface area (TPSA) is 56.2 Å². The van der Waals surface area contributed by atoms with Crippen molar-refractivity contribution in [1.29, 1.82) is 0 Å². The Morgan fingerprint density at radius 1 is 0.429 bits per heavy atom. The fraction of sp³-hybridized carbons (Fsp3) is 0. The zero-order valence-electron chi connectivity index (χ0n) is 30.2. The molecule has 0 aliphatic heterocycles. The number of hydrogen-bond acceptors (Lipinski definition) is 4. The molecule has 4 heterocycles. The summed E-state index contributed by atoms with van der Waals surface area (Å²) in [6.45, 7) is 0. The molecule has 5 nitrogen and oxygen atoms in total. The van der Waals surface area contributed by atoms with Gasteiger partial charge in [-0.3, -0.25) is 0 Å². The van der Waals surface area contributed by atoms with E-state index in [0.717, 1.165) is 99.9 Å². The van der Waals surface area contributed by atoms with Crippen LogP contribution in [0.4, 0.5) is 0 Å². The van der Waals surface area contributed by atoms with Crippen LogP contribution in [0.15, 0.2) is 199 Å². The Kier molecular flexibility index (Phi) is 7.42. The molecule has 5 heteroatoms. The molecule has 0 unspecified atom stereocenters. The fourth-order valence-electron chi connectivity index (χ4n) is 8.02. The van der Waals surface area contributed by atoms with Crippen LogP contribution >= 0.6 is 0 Å². The lowest BCUT2D eigenvalue weighted by atomic mass is 9.96. The predicted molar refractivity (Wildman–Crippen MR) is 228 cm³/mol. The van der Waals surface area contributed by atoms with Gasteiger partial charge in [0, 0.05) is 49.5 Å². The van der Waals surface area contributed by atoms with Crippen LogP contribution in [0.5, 0.6) is 0 Å². The number of para-hydroxylation sites is 1. The molecule has 11 aromatic rings. The van der Waals surface area contributed by atoms with E-state index in [1.165, 1.54) is 0 Å². The minimum absolute atomic E-state index is 0.668. The number of rotatable bonds is 6. The second-order valence-electron chi connectivity index (χ2n) is 14.0. The van der Waals surface area contributed by atoms with Crippen molar-refractivity contribution < 1.29 is 4.42 Å². The molecule has 0 amide bonds. The van der Waals surface area contributed by atoms with Crippen LogP contribution in [0.2, 0.25) is 0 Å². The quantitative estimate of drug-likeness (QED) is 0.172. The Labute approximate surface area is 322 Å². The normalized spacial score (nSPS) is 11.6. The van der Waals surface area contributed by atoms with Crippen LogP contribution in [-0.2, 0) is 0 Å². The van der Waals surface area contributed by atoms with E-state index < -0.39 is 0 Å². The van der Waals surface area contributed by atoms with Crippen molar-refractivity contribution in [3.05, 3.63) is 194 Å². The Hall–Kier alpha value is -7.63. The van der Waals surface area contributed by atoms with Crippen molar-refractivity contribution >= 4 is 38.2 Å². The SMILES string of the molecule is c1ccc(-c2nc(-c3ccc(-c4cc5ccccc5c5c(-c6ccccc6)c(-c6ccccc6)nn45)cc3)cc(-c3cccc4oc5ccccc5c34)n2)cc1. The summed E-state index contributed by atoms with van der Waals surface area (Å²) in [5.74, 6) is 0.668. The van der Waals surface area contributed by atoms with Crippen molar-refractivity contribution in [2.75, 3.05) is 0 Å². The van der Waals surface area contributed by atoms with Gasteiger partial charge >= 0.3 is 0 Å². The first-order chi connectivity index (χ1) is 27.8. The molecule has 7 aromatic carbocycles. The van der Waals surface area contributed by atoms with Crippen LogP contribution < -0.4 is 0 Å². The van der Waals surface area contributed by atoms with E-state index in [2.05, 4.69) is 144 Å². The van der Waals surface area contributed by atoms with E-state index in [-0.39, 0.29) is 0 Å². The standard InChI is InChI=1S/C51H32N4O/c1-4-15-35(16-5-1)47-49(36-17-6-2-7-18-36)54-55-44(31-38-21-10-11-22-39(38)50(47)55)34-29-27-33(28-30-34)42-32-43(53-51(52-42)37-19-8-3-9-20-37)40-24-14-26-46-48(40)41-23-12-13-25-45(41)56-46/h1-32H. The van der Waals surface area contributed by atoms with Crippen LogP contribution in [0.3, 0.4) is 0 Å². The molecule has 0 spiro atoms. The van der Waals surface area contributed by atoms with E-state index in [9.17, 15) is 0 Å². The van der Waals surface area contributed by atoms with Crippen molar-refractivity contribution in [2.24, 2.45) is 0 Å². The highest BCUT2D eigenvalue weighted by Gasteiger charge is 2.22. The lowest BCUT2D eigenvalue weighted by molar-refractivity contribution is 0.669. The van der Waals surface area contributed by atoms with Gasteiger partial charge in [0.2, 0.25) is 0 Å². The highest BCUT2D eigenvalue weighted by molar-refractivity contribution is 6.12. The zero-order chi connectivity index (χ0) is 37.0. The number of fused-ring (bicyclic) bond motifs is 6. The van der Waals surface area contributed by atoms with Gasteiger partial charge in [0.15, 0.2) is 5.82 Å². The molecule has 0 saturated carbocycles. The summed E-state index contributed by atoms with van der Waals surface area (Å²) in [7, 11) is 0. The lowest BCUT2D eigenvalue weighted by Crippen LogP contribution is -1.97. The van der Waals surface area contributed by atoms with Gasteiger partial charge in [-0.05, 0) is 35.2 Å². The third kappa shape index (κ3) is 5.29. The van der Waals surface area contributed by atoms with Crippen molar-refractivity contribution in [2.45, 2.75) is 0 Å². The first-order valence-corrected chi connectivity index (χ1v) is 18.8. The van der Waals surface area contributed by atoms with Crippen molar-refractivity contribution in [1.82, 2.24) is 19.6 Å². The van der Waals surface area contributed by atoms with Crippen molar-refractivity contribution in [3.63, 3.8) is 0 Å². The first-order valence-electron chi connectivity index (χ1n) is 18.8. The maximum atomic E-state index is 6.27. The Balaban J connectivity index is 1.10. The maximum Gasteiger partial charge on any atom is 0.160 e. The summed E-state index contributed by atoms with van der Waals surface area (Å²) in [5.41, 5.74) is 13.7. The number of furan rings is 1. The van der Waals surface area contributed by atoms with Gasteiger partial charge in [0.1, 0.15) is 16.9 Å². The number of pyridine rings is 1. The molecule has 11 rings (SSSR count). The lowest BCUT2D eigenvalue weighted by Gasteiger charge is -2.12. The highest BCUT2D eigenvalue weighted by Crippen LogP contribution is 2.42. The van der Waals surface area contributed by atoms with Gasteiger partial charge < -0.3 is 4.42 Å². The van der Waals surface area contributed by atoms with Gasteiger partial charge in [-0.1, -0.05) is 170 Å². The third-order valence-corrected chi connectivity index (χ3v) is 10.6. The second kappa shape index (κ2) is 13.0. The van der Waals surface area contributed by atoms with E-state index in [1.54, 1.807) is 0 Å². The number of benzene rings is 7. The van der Waals surface area contributed by atoms with E-state index in [4.69, 9.17) is 19.5 Å². The van der Waals surface area contributed by atoms with E-state index >= 15 is 0 Å². The van der Waals surface area contributed by atoms with Gasteiger partial charge in [-0.25, -0.2) is 14.5 Å². The molecular formula is C51H32N4O. The molecule has 56 heavy (non-hydrogen) atoms. The Morgan fingerprint density at radius 3 is 1.80 bits per heavy atom. The molecule has 0 fully saturated rings. The largest absolute Gasteiger partial charge is 0.456 e. The van der Waals surface area contributed by atoms with E-state index in [1.807, 2.05) is 54.6 Å². The molecule has 0 aliphatic carbocycles. The smallest absolute Gasteiger partial charge is 0.160 e. The molecular weight excluding hydrogens is 685 g/mol. The molecule has 0 saturated heterocycles. The Bertz CT molecular complexity index is 3220. The summed E-state index contributed by atoms with van der Waals surface area (Å²) in [6, 6.07) is 67.2. The number of hydrogen-bond donors (Lipinski definition) is 0. The molecule has 0 radical (unpaired) electrons. The monoisotopic (exact) mass is 716 g/mol. The zero-order valence-corrected chi connectivity index (χ0v) is 30.2. The van der Waals surface area contributed by atoms with Gasteiger partial charge in [-0.15, -0.1) is 0 Å². The average molecular weight is 717 g/mol. The van der Waals surface area contributed by atoms with Crippen LogP contribution in [0.1, 0.15) is 0 Å². The van der Waals surface area contributed by atoms with Crippen LogP contribution in [0.25, 0.3) is 106 Å². The maximum absolute atomic E-state index is 6.27.